The van der Waals surface area contributed by atoms with E-state index in [4.69, 9.17) is 0 Å². The largest absolute Gasteiger partial charge is 0.321 e. The molecule has 8 heteroatoms. The van der Waals surface area contributed by atoms with Gasteiger partial charge < -0.3 is 5.32 Å². The maximum atomic E-state index is 12.4. The molecule has 0 atom stereocenters. The molecule has 1 N–H and O–H groups in total. The number of rotatable bonds is 5. The number of benzene rings is 2. The minimum atomic E-state index is -0.578. The van der Waals surface area contributed by atoms with Gasteiger partial charge in [0.25, 0.3) is 17.3 Å². The highest BCUT2D eigenvalue weighted by Gasteiger charge is 2.17. The third-order valence-electron chi connectivity index (χ3n) is 3.55. The highest BCUT2D eigenvalue weighted by Crippen LogP contribution is 2.28. The topological polar surface area (TPSA) is 115 Å². The maximum absolute atomic E-state index is 12.4. The number of nitro groups is 2. The number of anilines is 1. The molecule has 0 aliphatic rings. The first-order valence-electron chi connectivity index (χ1n) is 7.17. The molecule has 0 aliphatic heterocycles. The van der Waals surface area contributed by atoms with Crippen LogP contribution in [0.5, 0.6) is 0 Å². The van der Waals surface area contributed by atoms with Crippen molar-refractivity contribution in [3.05, 3.63) is 73.3 Å². The average molecular weight is 329 g/mol. The molecule has 1 amide bonds. The number of aryl methyl sites for hydroxylation is 2. The molecule has 0 heterocycles. The lowest BCUT2D eigenvalue weighted by Gasteiger charge is -2.13. The highest BCUT2D eigenvalue weighted by atomic mass is 16.6. The van der Waals surface area contributed by atoms with Gasteiger partial charge in [-0.15, -0.1) is 0 Å². The zero-order valence-corrected chi connectivity index (χ0v) is 13.1. The van der Waals surface area contributed by atoms with Gasteiger partial charge in [0.1, 0.15) is 0 Å². The van der Waals surface area contributed by atoms with E-state index < -0.39 is 15.8 Å². The smallest absolute Gasteiger partial charge is 0.270 e. The van der Waals surface area contributed by atoms with Crippen LogP contribution >= 0.6 is 0 Å². The van der Waals surface area contributed by atoms with E-state index in [1.54, 1.807) is 6.92 Å². The first kappa shape index (κ1) is 17.1. The maximum Gasteiger partial charge on any atom is 0.270 e. The fraction of sp³-hybridized carbons (Fsp3) is 0.188. The molecule has 0 unspecified atom stereocenters. The van der Waals surface area contributed by atoms with Crippen molar-refractivity contribution >= 4 is 23.0 Å². The molecule has 0 fully saturated rings. The summed E-state index contributed by atoms with van der Waals surface area (Å²) in [6.07, 6.45) is 0.493. The fourth-order valence-corrected chi connectivity index (χ4v) is 2.35. The molecule has 0 radical (unpaired) electrons. The van der Waals surface area contributed by atoms with Gasteiger partial charge in [-0.05, 0) is 30.5 Å². The molecule has 2 aromatic carbocycles. The van der Waals surface area contributed by atoms with Gasteiger partial charge in [-0.25, -0.2) is 0 Å². The van der Waals surface area contributed by atoms with Crippen LogP contribution < -0.4 is 5.32 Å². The second-order valence-electron chi connectivity index (χ2n) is 5.17. The summed E-state index contributed by atoms with van der Waals surface area (Å²) in [7, 11) is 0. The Morgan fingerprint density at radius 2 is 1.75 bits per heavy atom. The molecular formula is C16H15N3O5. The standard InChI is InChI=1S/C16H15N3O5/c1-3-11-8-14(19(23)24)7-10(2)15(11)17-16(20)12-5-4-6-13(9-12)18(21)22/h4-9H,3H2,1-2H3,(H,17,20). The van der Waals surface area contributed by atoms with Crippen LogP contribution in [0, 0.1) is 27.2 Å². The van der Waals surface area contributed by atoms with E-state index in [1.807, 2.05) is 6.92 Å². The van der Waals surface area contributed by atoms with Crippen molar-refractivity contribution in [1.29, 1.82) is 0 Å². The molecule has 2 aromatic rings. The third-order valence-corrected chi connectivity index (χ3v) is 3.55. The Hall–Kier alpha value is -3.29. The molecule has 0 aliphatic carbocycles. The predicted octanol–water partition coefficient (Wildman–Crippen LogP) is 3.63. The highest BCUT2D eigenvalue weighted by molar-refractivity contribution is 6.05. The van der Waals surface area contributed by atoms with E-state index >= 15 is 0 Å². The number of amides is 1. The first-order valence-corrected chi connectivity index (χ1v) is 7.17. The minimum Gasteiger partial charge on any atom is -0.321 e. The molecular weight excluding hydrogens is 314 g/mol. The van der Waals surface area contributed by atoms with E-state index in [1.165, 1.54) is 36.4 Å². The van der Waals surface area contributed by atoms with Crippen LogP contribution in [-0.4, -0.2) is 15.8 Å². The molecule has 24 heavy (non-hydrogen) atoms. The fourth-order valence-electron chi connectivity index (χ4n) is 2.35. The van der Waals surface area contributed by atoms with Gasteiger partial charge in [0, 0.05) is 35.5 Å². The van der Waals surface area contributed by atoms with Crippen LogP contribution in [0.3, 0.4) is 0 Å². The molecule has 8 nitrogen and oxygen atoms in total. The van der Waals surface area contributed by atoms with Crippen LogP contribution in [0.15, 0.2) is 36.4 Å². The zero-order valence-electron chi connectivity index (χ0n) is 13.1. The minimum absolute atomic E-state index is 0.0438. The number of hydrogen-bond acceptors (Lipinski definition) is 5. The lowest BCUT2D eigenvalue weighted by Crippen LogP contribution is -2.14. The molecule has 0 aromatic heterocycles. The molecule has 0 spiro atoms. The van der Waals surface area contributed by atoms with Crippen LogP contribution in [0.25, 0.3) is 0 Å². The van der Waals surface area contributed by atoms with E-state index in [-0.39, 0.29) is 16.9 Å². The van der Waals surface area contributed by atoms with E-state index in [0.29, 0.717) is 23.2 Å². The van der Waals surface area contributed by atoms with Gasteiger partial charge in [0.2, 0.25) is 0 Å². The SMILES string of the molecule is CCc1cc([N+](=O)[O-])cc(C)c1NC(=O)c1cccc([N+](=O)[O-])c1. The number of hydrogen-bond donors (Lipinski definition) is 1. The molecule has 124 valence electrons. The van der Waals surface area contributed by atoms with Gasteiger partial charge in [-0.1, -0.05) is 13.0 Å². The number of non-ortho nitro benzene ring substituents is 2. The second-order valence-corrected chi connectivity index (χ2v) is 5.17. The van der Waals surface area contributed by atoms with Gasteiger partial charge in [-0.2, -0.15) is 0 Å². The third kappa shape index (κ3) is 3.54. The Morgan fingerprint density at radius 3 is 2.33 bits per heavy atom. The summed E-state index contributed by atoms with van der Waals surface area (Å²) in [5.41, 5.74) is 1.58. The van der Waals surface area contributed by atoms with Gasteiger partial charge in [0.05, 0.1) is 9.85 Å². The number of carbonyl (C=O) groups excluding carboxylic acids is 1. The monoisotopic (exact) mass is 329 g/mol. The number of nitrogens with one attached hydrogen (secondary N) is 1. The van der Waals surface area contributed by atoms with Crippen LogP contribution in [0.2, 0.25) is 0 Å². The normalized spacial score (nSPS) is 10.2. The number of nitrogens with zero attached hydrogens (tertiary/aromatic N) is 2. The Balaban J connectivity index is 2.37. The molecule has 0 saturated heterocycles. The quantitative estimate of drug-likeness (QED) is 0.664. The van der Waals surface area contributed by atoms with Gasteiger partial charge in [-0.3, -0.25) is 25.0 Å². The zero-order chi connectivity index (χ0) is 17.9. The summed E-state index contributed by atoms with van der Waals surface area (Å²) < 4.78 is 0. The summed E-state index contributed by atoms with van der Waals surface area (Å²) >= 11 is 0. The average Bonchev–Trinajstić information content (AvgIpc) is 2.56. The summed E-state index contributed by atoms with van der Waals surface area (Å²) in [4.78, 5) is 33.0. The summed E-state index contributed by atoms with van der Waals surface area (Å²) in [5.74, 6) is -0.509. The van der Waals surface area contributed by atoms with E-state index in [2.05, 4.69) is 5.32 Å². The van der Waals surface area contributed by atoms with E-state index in [0.717, 1.165) is 0 Å². The van der Waals surface area contributed by atoms with Gasteiger partial charge in [0.15, 0.2) is 0 Å². The van der Waals surface area contributed by atoms with Gasteiger partial charge >= 0.3 is 0 Å². The Labute approximate surface area is 137 Å². The van der Waals surface area contributed by atoms with Crippen molar-refractivity contribution in [2.75, 3.05) is 5.32 Å². The summed E-state index contributed by atoms with van der Waals surface area (Å²) in [6, 6.07) is 8.16. The number of nitro benzene ring substituents is 2. The molecule has 0 saturated carbocycles. The lowest BCUT2D eigenvalue weighted by molar-refractivity contribution is -0.385. The predicted molar refractivity (Wildman–Crippen MR) is 88.3 cm³/mol. The van der Waals surface area contributed by atoms with Crippen molar-refractivity contribution in [3.63, 3.8) is 0 Å². The Kier molecular flexibility index (Phi) is 4.88. The second kappa shape index (κ2) is 6.86. The first-order chi connectivity index (χ1) is 11.3. The molecule has 2 rings (SSSR count). The molecule has 0 bridgehead atoms. The Morgan fingerprint density at radius 1 is 1.08 bits per heavy atom. The summed E-state index contributed by atoms with van der Waals surface area (Å²) in [5, 5.41) is 24.4. The lowest BCUT2D eigenvalue weighted by atomic mass is 10.0. The van der Waals surface area contributed by atoms with Crippen molar-refractivity contribution < 1.29 is 14.6 Å². The number of carbonyl (C=O) groups is 1. The van der Waals surface area contributed by atoms with Crippen molar-refractivity contribution in [3.8, 4) is 0 Å². The van der Waals surface area contributed by atoms with Crippen molar-refractivity contribution in [1.82, 2.24) is 0 Å². The van der Waals surface area contributed by atoms with E-state index in [9.17, 15) is 25.0 Å². The van der Waals surface area contributed by atoms with Crippen LogP contribution in [0.4, 0.5) is 17.1 Å². The summed E-state index contributed by atoms with van der Waals surface area (Å²) in [6.45, 7) is 3.48. The van der Waals surface area contributed by atoms with Crippen LogP contribution in [0.1, 0.15) is 28.4 Å². The van der Waals surface area contributed by atoms with Crippen LogP contribution in [-0.2, 0) is 6.42 Å². The van der Waals surface area contributed by atoms with Crippen molar-refractivity contribution in [2.24, 2.45) is 0 Å². The Bertz CT molecular complexity index is 832. The van der Waals surface area contributed by atoms with Crippen molar-refractivity contribution in [2.45, 2.75) is 20.3 Å².